The lowest BCUT2D eigenvalue weighted by atomic mass is 10.0. The van der Waals surface area contributed by atoms with E-state index in [0.717, 1.165) is 12.8 Å². The van der Waals surface area contributed by atoms with Crippen LogP contribution in [0.25, 0.3) is 0 Å². The summed E-state index contributed by atoms with van der Waals surface area (Å²) in [5, 5.41) is 11.8. The zero-order valence-electron chi connectivity index (χ0n) is 13.1. The number of hydrogen-bond acceptors (Lipinski definition) is 4. The Balaban J connectivity index is 1.97. The molecule has 0 aliphatic carbocycles. The summed E-state index contributed by atoms with van der Waals surface area (Å²) in [4.78, 5) is 12.2. The SMILES string of the molecule is Cc1cc(C(=O)NC[C@H]2CC[C@@H](CO)O2)cc(C)c1OC(F)F. The minimum atomic E-state index is -2.90. The summed E-state index contributed by atoms with van der Waals surface area (Å²) >= 11 is 0. The third-order valence-corrected chi connectivity index (χ3v) is 3.82. The second-order valence-corrected chi connectivity index (χ2v) is 5.67. The van der Waals surface area contributed by atoms with Gasteiger partial charge in [0.25, 0.3) is 5.91 Å². The maximum Gasteiger partial charge on any atom is 0.387 e. The van der Waals surface area contributed by atoms with Gasteiger partial charge in [-0.2, -0.15) is 8.78 Å². The number of aliphatic hydroxyl groups is 1. The number of ether oxygens (including phenoxy) is 2. The Morgan fingerprint density at radius 3 is 2.48 bits per heavy atom. The summed E-state index contributed by atoms with van der Waals surface area (Å²) < 4.78 is 34.7. The standard InChI is InChI=1S/C16H21F2NO4/c1-9-5-11(6-10(2)14(9)23-16(17)18)15(21)19-7-12-3-4-13(8-20)22-12/h5-6,12-13,16,20H,3-4,7-8H2,1-2H3,(H,19,21)/t12-,13+/m1/s1. The molecule has 0 saturated carbocycles. The van der Waals surface area contributed by atoms with Gasteiger partial charge in [-0.25, -0.2) is 0 Å². The zero-order valence-corrected chi connectivity index (χ0v) is 13.1. The minimum absolute atomic E-state index is 0.0194. The highest BCUT2D eigenvalue weighted by atomic mass is 19.3. The number of aliphatic hydroxyl groups excluding tert-OH is 1. The van der Waals surface area contributed by atoms with Gasteiger partial charge in [0.2, 0.25) is 0 Å². The van der Waals surface area contributed by atoms with E-state index in [9.17, 15) is 13.6 Å². The van der Waals surface area contributed by atoms with Crippen molar-refractivity contribution in [3.8, 4) is 5.75 Å². The van der Waals surface area contributed by atoms with E-state index in [1.165, 1.54) is 12.1 Å². The van der Waals surface area contributed by atoms with Gasteiger partial charge in [-0.05, 0) is 49.9 Å². The van der Waals surface area contributed by atoms with E-state index >= 15 is 0 Å². The zero-order chi connectivity index (χ0) is 17.0. The Labute approximate surface area is 133 Å². The van der Waals surface area contributed by atoms with Crippen LogP contribution in [0, 0.1) is 13.8 Å². The Morgan fingerprint density at radius 2 is 1.96 bits per heavy atom. The normalized spacial score (nSPS) is 20.8. The predicted octanol–water partition coefficient (Wildman–Crippen LogP) is 2.17. The number of nitrogens with one attached hydrogen (secondary N) is 1. The van der Waals surface area contributed by atoms with Crippen molar-refractivity contribution in [1.82, 2.24) is 5.32 Å². The number of hydrogen-bond donors (Lipinski definition) is 2. The van der Waals surface area contributed by atoms with Gasteiger partial charge < -0.3 is 19.9 Å². The largest absolute Gasteiger partial charge is 0.434 e. The molecule has 0 bridgehead atoms. The van der Waals surface area contributed by atoms with E-state index in [1.807, 2.05) is 0 Å². The molecule has 2 rings (SSSR count). The molecule has 2 atom stereocenters. The van der Waals surface area contributed by atoms with Gasteiger partial charge in [-0.15, -0.1) is 0 Å². The number of benzene rings is 1. The van der Waals surface area contributed by atoms with Gasteiger partial charge in [-0.3, -0.25) is 4.79 Å². The van der Waals surface area contributed by atoms with Crippen LogP contribution in [0.3, 0.4) is 0 Å². The van der Waals surface area contributed by atoms with Gasteiger partial charge in [0.15, 0.2) is 0 Å². The van der Waals surface area contributed by atoms with Gasteiger partial charge in [-0.1, -0.05) is 0 Å². The fourth-order valence-electron chi connectivity index (χ4n) is 2.73. The molecule has 0 spiro atoms. The molecule has 1 aromatic rings. The summed E-state index contributed by atoms with van der Waals surface area (Å²) in [6.45, 7) is 0.670. The highest BCUT2D eigenvalue weighted by Gasteiger charge is 2.25. The van der Waals surface area contributed by atoms with Crippen LogP contribution < -0.4 is 10.1 Å². The number of halogens is 2. The van der Waals surface area contributed by atoms with Crippen molar-refractivity contribution in [1.29, 1.82) is 0 Å². The van der Waals surface area contributed by atoms with Crippen LogP contribution in [-0.4, -0.2) is 43.0 Å². The van der Waals surface area contributed by atoms with E-state index in [2.05, 4.69) is 10.1 Å². The lowest BCUT2D eigenvalue weighted by Gasteiger charge is -2.15. The number of rotatable bonds is 6. The monoisotopic (exact) mass is 329 g/mol. The lowest BCUT2D eigenvalue weighted by Crippen LogP contribution is -2.32. The van der Waals surface area contributed by atoms with Crippen LogP contribution in [0.15, 0.2) is 12.1 Å². The van der Waals surface area contributed by atoms with Crippen LogP contribution in [0.2, 0.25) is 0 Å². The molecule has 1 saturated heterocycles. The first-order valence-electron chi connectivity index (χ1n) is 7.51. The maximum absolute atomic E-state index is 12.4. The van der Waals surface area contributed by atoms with E-state index in [0.29, 0.717) is 23.2 Å². The summed E-state index contributed by atoms with van der Waals surface area (Å²) in [5.74, 6) is -0.197. The molecule has 1 fully saturated rings. The minimum Gasteiger partial charge on any atom is -0.434 e. The quantitative estimate of drug-likeness (QED) is 0.839. The molecule has 0 aromatic heterocycles. The smallest absolute Gasteiger partial charge is 0.387 e. The van der Waals surface area contributed by atoms with Crippen LogP contribution in [0.5, 0.6) is 5.75 Å². The molecule has 23 heavy (non-hydrogen) atoms. The molecule has 0 radical (unpaired) electrons. The number of carbonyl (C=O) groups is 1. The van der Waals surface area contributed by atoms with Crippen LogP contribution in [-0.2, 0) is 4.74 Å². The number of alkyl halides is 2. The molecule has 1 aliphatic rings. The average molecular weight is 329 g/mol. The first-order chi connectivity index (χ1) is 10.9. The molecular weight excluding hydrogens is 308 g/mol. The molecule has 128 valence electrons. The van der Waals surface area contributed by atoms with Crippen LogP contribution >= 0.6 is 0 Å². The van der Waals surface area contributed by atoms with Crippen LogP contribution in [0.1, 0.15) is 34.3 Å². The van der Waals surface area contributed by atoms with E-state index in [4.69, 9.17) is 9.84 Å². The molecule has 0 unspecified atom stereocenters. The van der Waals surface area contributed by atoms with Crippen molar-refractivity contribution in [2.45, 2.75) is 45.5 Å². The summed E-state index contributed by atoms with van der Waals surface area (Å²) in [5.41, 5.74) is 1.35. The summed E-state index contributed by atoms with van der Waals surface area (Å²) in [6, 6.07) is 3.04. The van der Waals surface area contributed by atoms with Gasteiger partial charge in [0, 0.05) is 12.1 Å². The second kappa shape index (κ2) is 7.70. The molecule has 7 heteroatoms. The fraction of sp³-hybridized carbons (Fsp3) is 0.562. The van der Waals surface area contributed by atoms with Crippen molar-refractivity contribution in [2.24, 2.45) is 0 Å². The third kappa shape index (κ3) is 4.62. The highest BCUT2D eigenvalue weighted by Crippen LogP contribution is 2.26. The van der Waals surface area contributed by atoms with Gasteiger partial charge >= 0.3 is 6.61 Å². The van der Waals surface area contributed by atoms with Crippen LogP contribution in [0.4, 0.5) is 8.78 Å². The lowest BCUT2D eigenvalue weighted by molar-refractivity contribution is -0.0507. The Bertz CT molecular complexity index is 542. The number of carbonyl (C=O) groups excluding carboxylic acids is 1. The highest BCUT2D eigenvalue weighted by molar-refractivity contribution is 5.94. The molecule has 5 nitrogen and oxygen atoms in total. The van der Waals surface area contributed by atoms with E-state index in [1.54, 1.807) is 13.8 Å². The molecule has 1 aromatic carbocycles. The molecular formula is C16H21F2NO4. The van der Waals surface area contributed by atoms with Gasteiger partial charge in [0.1, 0.15) is 5.75 Å². The summed E-state index contributed by atoms with van der Waals surface area (Å²) in [6.07, 6.45) is 1.28. The van der Waals surface area contributed by atoms with Crippen molar-refractivity contribution in [3.63, 3.8) is 0 Å². The maximum atomic E-state index is 12.4. The average Bonchev–Trinajstić information content (AvgIpc) is 2.96. The number of aryl methyl sites for hydroxylation is 2. The Morgan fingerprint density at radius 1 is 1.35 bits per heavy atom. The molecule has 2 N–H and O–H groups in total. The predicted molar refractivity (Wildman–Crippen MR) is 79.9 cm³/mol. The first kappa shape index (κ1) is 17.6. The van der Waals surface area contributed by atoms with Crippen molar-refractivity contribution in [3.05, 3.63) is 28.8 Å². The first-order valence-corrected chi connectivity index (χ1v) is 7.51. The number of amides is 1. The summed E-state index contributed by atoms with van der Waals surface area (Å²) in [7, 11) is 0. The van der Waals surface area contributed by atoms with Crippen molar-refractivity contribution < 1.29 is 28.2 Å². The van der Waals surface area contributed by atoms with Crippen molar-refractivity contribution >= 4 is 5.91 Å². The van der Waals surface area contributed by atoms with Gasteiger partial charge in [0.05, 0.1) is 18.8 Å². The van der Waals surface area contributed by atoms with E-state index in [-0.39, 0.29) is 30.5 Å². The molecule has 1 aliphatic heterocycles. The Kier molecular flexibility index (Phi) is 5.90. The fourth-order valence-corrected chi connectivity index (χ4v) is 2.73. The van der Waals surface area contributed by atoms with Crippen molar-refractivity contribution in [2.75, 3.05) is 13.2 Å². The third-order valence-electron chi connectivity index (χ3n) is 3.82. The molecule has 1 heterocycles. The second-order valence-electron chi connectivity index (χ2n) is 5.67. The Hall–Kier alpha value is -1.73. The topological polar surface area (TPSA) is 67.8 Å². The molecule has 1 amide bonds. The van der Waals surface area contributed by atoms with E-state index < -0.39 is 6.61 Å².